The molecule has 2 aromatic carbocycles. The summed E-state index contributed by atoms with van der Waals surface area (Å²) in [5.41, 5.74) is 1.43. The van der Waals surface area contributed by atoms with Crippen LogP contribution in [0.2, 0.25) is 0 Å². The Morgan fingerprint density at radius 3 is 2.25 bits per heavy atom. The molecule has 0 fully saturated rings. The number of hydrogen-bond acceptors (Lipinski definition) is 4. The van der Waals surface area contributed by atoms with E-state index < -0.39 is 46.1 Å². The molecule has 0 saturated heterocycles. The van der Waals surface area contributed by atoms with Crippen LogP contribution in [0.3, 0.4) is 0 Å². The summed E-state index contributed by atoms with van der Waals surface area (Å²) in [5.74, 6) is -1.83. The third kappa shape index (κ3) is 4.72. The van der Waals surface area contributed by atoms with Crippen LogP contribution in [0.15, 0.2) is 24.3 Å². The van der Waals surface area contributed by atoms with Crippen LogP contribution in [0.25, 0.3) is 11.3 Å². The molecule has 0 bridgehead atoms. The number of halogens is 5. The van der Waals surface area contributed by atoms with E-state index in [1.165, 1.54) is 7.11 Å². The summed E-state index contributed by atoms with van der Waals surface area (Å²) in [4.78, 5) is -1.06. The molecule has 0 unspecified atom stereocenters. The van der Waals surface area contributed by atoms with Crippen molar-refractivity contribution in [2.45, 2.75) is 46.4 Å². The zero-order valence-electron chi connectivity index (χ0n) is 18.0. The zero-order chi connectivity index (χ0) is 23.6. The van der Waals surface area contributed by atoms with E-state index in [2.05, 4.69) is 11.3 Å². The summed E-state index contributed by atoms with van der Waals surface area (Å²) in [6, 6.07) is 5.38. The van der Waals surface area contributed by atoms with Crippen molar-refractivity contribution in [3.63, 3.8) is 0 Å². The number of methoxy groups -OCH3 is 1. The lowest BCUT2D eigenvalue weighted by Gasteiger charge is -2.16. The van der Waals surface area contributed by atoms with Gasteiger partial charge in [0.05, 0.1) is 18.4 Å². The lowest BCUT2D eigenvalue weighted by Crippen LogP contribution is -2.09. The maximum Gasteiger partial charge on any atom is 0.427 e. The second kappa shape index (κ2) is 9.44. The average molecular weight is 471 g/mol. The Labute approximate surface area is 187 Å². The zero-order valence-corrected chi connectivity index (χ0v) is 18.8. The van der Waals surface area contributed by atoms with Crippen LogP contribution in [-0.2, 0) is 19.2 Å². The molecule has 3 nitrogen and oxygen atoms in total. The number of ether oxygens (including phenoxy) is 2. The first-order chi connectivity index (χ1) is 15.1. The second-order valence-corrected chi connectivity index (χ2v) is 8.09. The fraction of sp³-hybridized carbons (Fsp3) is 0.348. The number of benzene rings is 2. The number of hydrogen-bond donors (Lipinski definition) is 0. The molecular formula is C23H22F5NO2S. The third-order valence-corrected chi connectivity index (χ3v) is 6.21. The molecule has 0 spiro atoms. The molecule has 1 aromatic heterocycles. The first-order valence-corrected chi connectivity index (χ1v) is 10.7. The molecule has 0 aliphatic rings. The van der Waals surface area contributed by atoms with Gasteiger partial charge in [0, 0.05) is 17.7 Å². The Morgan fingerprint density at radius 1 is 1.03 bits per heavy atom. The normalized spacial score (nSPS) is 11.7. The predicted octanol–water partition coefficient (Wildman–Crippen LogP) is 7.26. The van der Waals surface area contributed by atoms with Gasteiger partial charge in [-0.2, -0.15) is 17.5 Å². The lowest BCUT2D eigenvalue weighted by atomic mass is 9.99. The van der Waals surface area contributed by atoms with E-state index in [4.69, 9.17) is 9.47 Å². The Morgan fingerprint density at radius 2 is 1.69 bits per heavy atom. The molecule has 0 amide bonds. The maximum absolute atomic E-state index is 14.6. The molecule has 0 radical (unpaired) electrons. The highest BCUT2D eigenvalue weighted by Gasteiger charge is 2.39. The molecule has 0 saturated carbocycles. The molecule has 0 atom stereocenters. The Hall–Kier alpha value is -2.68. The largest absolute Gasteiger partial charge is 0.497 e. The number of nitrogens with zero attached hydrogens (tertiary/aromatic N) is 1. The van der Waals surface area contributed by atoms with Gasteiger partial charge in [-0.15, -0.1) is 0 Å². The van der Waals surface area contributed by atoms with Crippen molar-refractivity contribution < 1.29 is 31.4 Å². The summed E-state index contributed by atoms with van der Waals surface area (Å²) in [6.07, 6.45) is -2.91. The van der Waals surface area contributed by atoms with Crippen molar-refractivity contribution in [2.75, 3.05) is 7.11 Å². The van der Waals surface area contributed by atoms with E-state index in [-0.39, 0.29) is 17.3 Å². The van der Waals surface area contributed by atoms with Gasteiger partial charge in [0.15, 0.2) is 0 Å². The van der Waals surface area contributed by atoms with E-state index in [1.54, 1.807) is 6.07 Å². The van der Waals surface area contributed by atoms with Crippen LogP contribution in [0.4, 0.5) is 22.0 Å². The Kier molecular flexibility index (Phi) is 7.07. The molecule has 3 aromatic rings. The summed E-state index contributed by atoms with van der Waals surface area (Å²) >= 11 is 0.137. The van der Waals surface area contributed by atoms with Crippen LogP contribution >= 0.6 is 11.5 Å². The van der Waals surface area contributed by atoms with Crippen LogP contribution in [-0.4, -0.2) is 11.5 Å². The van der Waals surface area contributed by atoms with Gasteiger partial charge >= 0.3 is 6.18 Å². The van der Waals surface area contributed by atoms with E-state index in [0.29, 0.717) is 5.75 Å². The first kappa shape index (κ1) is 24.0. The predicted molar refractivity (Wildman–Crippen MR) is 113 cm³/mol. The van der Waals surface area contributed by atoms with Crippen LogP contribution in [0.1, 0.15) is 40.5 Å². The standard InChI is InChI=1S/C23H22F5NO2S/c1-5-6-14-7-8-19(13(3)12(14)2)31-11-16-21(29-32-22(16)23(26,27)28)20-17(24)9-15(30-4)10-18(20)25/h7-10H,5-6,11H2,1-4H3. The number of aryl methyl sites for hydroxylation is 1. The highest BCUT2D eigenvalue weighted by Crippen LogP contribution is 2.42. The van der Waals surface area contributed by atoms with Gasteiger partial charge in [-0.05, 0) is 54.6 Å². The van der Waals surface area contributed by atoms with Crippen molar-refractivity contribution in [3.8, 4) is 22.8 Å². The van der Waals surface area contributed by atoms with Crippen molar-refractivity contribution in [3.05, 3.63) is 63.0 Å². The highest BCUT2D eigenvalue weighted by molar-refractivity contribution is 7.06. The van der Waals surface area contributed by atoms with Gasteiger partial charge < -0.3 is 9.47 Å². The van der Waals surface area contributed by atoms with Crippen LogP contribution in [0.5, 0.6) is 11.5 Å². The van der Waals surface area contributed by atoms with E-state index >= 15 is 0 Å². The summed E-state index contributed by atoms with van der Waals surface area (Å²) in [6.45, 7) is 5.26. The van der Waals surface area contributed by atoms with Gasteiger partial charge in [0.25, 0.3) is 0 Å². The van der Waals surface area contributed by atoms with Crippen LogP contribution < -0.4 is 9.47 Å². The molecule has 0 aliphatic carbocycles. The van der Waals surface area contributed by atoms with Crippen molar-refractivity contribution in [1.29, 1.82) is 0 Å². The lowest BCUT2D eigenvalue weighted by molar-refractivity contribution is -0.135. The van der Waals surface area contributed by atoms with Crippen LogP contribution in [0, 0.1) is 25.5 Å². The fourth-order valence-corrected chi connectivity index (χ4v) is 4.21. The molecule has 32 heavy (non-hydrogen) atoms. The molecule has 3 rings (SSSR count). The monoisotopic (exact) mass is 471 g/mol. The highest BCUT2D eigenvalue weighted by atomic mass is 32.1. The quantitative estimate of drug-likeness (QED) is 0.340. The number of rotatable bonds is 7. The molecule has 9 heteroatoms. The maximum atomic E-state index is 14.6. The van der Waals surface area contributed by atoms with E-state index in [0.717, 1.165) is 41.7 Å². The number of alkyl halides is 3. The molecular weight excluding hydrogens is 449 g/mol. The summed E-state index contributed by atoms with van der Waals surface area (Å²) in [7, 11) is 1.23. The minimum Gasteiger partial charge on any atom is -0.497 e. The summed E-state index contributed by atoms with van der Waals surface area (Å²) < 4.78 is 84.3. The molecule has 0 aliphatic heterocycles. The minimum atomic E-state index is -4.75. The smallest absolute Gasteiger partial charge is 0.427 e. The van der Waals surface area contributed by atoms with E-state index in [1.807, 2.05) is 19.9 Å². The Bertz CT molecular complexity index is 1100. The average Bonchev–Trinajstić information content (AvgIpc) is 3.14. The molecule has 172 valence electrons. The first-order valence-electron chi connectivity index (χ1n) is 9.89. The van der Waals surface area contributed by atoms with Crippen molar-refractivity contribution >= 4 is 11.5 Å². The minimum absolute atomic E-state index is 0.0916. The van der Waals surface area contributed by atoms with Crippen molar-refractivity contribution in [1.82, 2.24) is 4.37 Å². The van der Waals surface area contributed by atoms with Gasteiger partial charge in [-0.3, -0.25) is 0 Å². The Balaban J connectivity index is 2.04. The van der Waals surface area contributed by atoms with Gasteiger partial charge in [-0.1, -0.05) is 19.4 Å². The molecule has 1 heterocycles. The van der Waals surface area contributed by atoms with Crippen molar-refractivity contribution in [2.24, 2.45) is 0 Å². The second-order valence-electron chi connectivity index (χ2n) is 7.31. The topological polar surface area (TPSA) is 31.4 Å². The van der Waals surface area contributed by atoms with Gasteiger partial charge in [-0.25, -0.2) is 8.78 Å². The SMILES string of the molecule is CCCc1ccc(OCc2c(-c3c(F)cc(OC)cc3F)nsc2C(F)(F)F)c(C)c1C. The van der Waals surface area contributed by atoms with Gasteiger partial charge in [0.1, 0.15) is 34.6 Å². The fourth-order valence-electron chi connectivity index (χ4n) is 3.45. The summed E-state index contributed by atoms with van der Waals surface area (Å²) in [5, 5.41) is 0. The van der Waals surface area contributed by atoms with Gasteiger partial charge in [0.2, 0.25) is 0 Å². The van der Waals surface area contributed by atoms with E-state index in [9.17, 15) is 22.0 Å². The third-order valence-electron chi connectivity index (χ3n) is 5.27. The number of aromatic nitrogens is 1. The molecule has 0 N–H and O–H groups in total.